The summed E-state index contributed by atoms with van der Waals surface area (Å²) in [5.74, 6) is 4.34. The molecule has 0 heterocycles. The number of benzene rings is 2. The Bertz CT molecular complexity index is 624. The Morgan fingerprint density at radius 2 is 1.67 bits per heavy atom. The van der Waals surface area contributed by atoms with Gasteiger partial charge in [-0.3, -0.25) is 5.84 Å². The summed E-state index contributed by atoms with van der Waals surface area (Å²) in [6.45, 7) is 1.60. The van der Waals surface area contributed by atoms with Gasteiger partial charge in [-0.2, -0.15) is 0 Å². The number of hydrogen-bond acceptors (Lipinski definition) is 3. The van der Waals surface area contributed by atoms with Gasteiger partial charge in [0.2, 0.25) is 0 Å². The van der Waals surface area contributed by atoms with E-state index in [1.807, 2.05) is 31.1 Å². The minimum atomic E-state index is -0.735. The molecule has 0 radical (unpaired) electrons. The van der Waals surface area contributed by atoms with Crippen LogP contribution in [0.15, 0.2) is 36.4 Å². The first-order chi connectivity index (χ1) is 9.95. The van der Waals surface area contributed by atoms with Gasteiger partial charge in [0.25, 0.3) is 0 Å². The predicted octanol–water partition coefficient (Wildman–Crippen LogP) is 2.89. The number of anilines is 1. The molecular weight excluding hydrogens is 272 g/mol. The first-order valence-corrected chi connectivity index (χ1v) is 6.63. The van der Waals surface area contributed by atoms with E-state index in [1.54, 1.807) is 19.1 Å². The second kappa shape index (κ2) is 6.20. The van der Waals surface area contributed by atoms with Crippen LogP contribution >= 0.6 is 0 Å². The van der Waals surface area contributed by atoms with E-state index in [0.29, 0.717) is 11.1 Å². The van der Waals surface area contributed by atoms with Crippen LogP contribution < -0.4 is 16.2 Å². The SMILES string of the molecule is Cc1ccc(F)c(C(NN)c2ccc(N(C)C)cc2)c1F. The van der Waals surface area contributed by atoms with Gasteiger partial charge in [-0.1, -0.05) is 18.2 Å². The van der Waals surface area contributed by atoms with E-state index in [4.69, 9.17) is 5.84 Å². The maximum atomic E-state index is 14.2. The smallest absolute Gasteiger partial charge is 0.134 e. The molecule has 0 aliphatic heterocycles. The van der Waals surface area contributed by atoms with Crippen molar-refractivity contribution in [3.8, 4) is 0 Å². The molecule has 2 rings (SSSR count). The molecule has 112 valence electrons. The first kappa shape index (κ1) is 15.4. The molecule has 0 spiro atoms. The zero-order chi connectivity index (χ0) is 15.6. The van der Waals surface area contributed by atoms with Gasteiger partial charge in [0.05, 0.1) is 6.04 Å². The van der Waals surface area contributed by atoms with E-state index in [0.717, 1.165) is 5.69 Å². The molecule has 0 aliphatic rings. The van der Waals surface area contributed by atoms with Crippen LogP contribution in [0.5, 0.6) is 0 Å². The summed E-state index contributed by atoms with van der Waals surface area (Å²) >= 11 is 0. The van der Waals surface area contributed by atoms with Crippen molar-refractivity contribution in [1.29, 1.82) is 0 Å². The van der Waals surface area contributed by atoms with Crippen molar-refractivity contribution in [1.82, 2.24) is 5.43 Å². The summed E-state index contributed by atoms with van der Waals surface area (Å²) < 4.78 is 28.3. The van der Waals surface area contributed by atoms with Crippen molar-refractivity contribution in [2.24, 2.45) is 5.84 Å². The fourth-order valence-electron chi connectivity index (χ4n) is 2.25. The van der Waals surface area contributed by atoms with Crippen molar-refractivity contribution in [3.05, 3.63) is 64.7 Å². The molecule has 3 nitrogen and oxygen atoms in total. The lowest BCUT2D eigenvalue weighted by Gasteiger charge is -2.20. The van der Waals surface area contributed by atoms with Gasteiger partial charge >= 0.3 is 0 Å². The third-order valence-electron chi connectivity index (χ3n) is 3.52. The zero-order valence-corrected chi connectivity index (χ0v) is 12.3. The van der Waals surface area contributed by atoms with Gasteiger partial charge in [0.15, 0.2) is 0 Å². The molecule has 0 amide bonds. The van der Waals surface area contributed by atoms with Crippen LogP contribution in [-0.2, 0) is 0 Å². The highest BCUT2D eigenvalue weighted by atomic mass is 19.1. The quantitative estimate of drug-likeness (QED) is 0.672. The van der Waals surface area contributed by atoms with E-state index in [-0.39, 0.29) is 5.56 Å². The molecule has 0 saturated heterocycles. The molecule has 0 aromatic heterocycles. The van der Waals surface area contributed by atoms with Gasteiger partial charge in [-0.25, -0.2) is 14.2 Å². The van der Waals surface area contributed by atoms with Gasteiger partial charge in [0, 0.05) is 25.3 Å². The lowest BCUT2D eigenvalue weighted by atomic mass is 9.96. The van der Waals surface area contributed by atoms with Gasteiger partial charge < -0.3 is 4.90 Å². The van der Waals surface area contributed by atoms with E-state index >= 15 is 0 Å². The van der Waals surface area contributed by atoms with Gasteiger partial charge in [-0.05, 0) is 36.2 Å². The summed E-state index contributed by atoms with van der Waals surface area (Å²) in [5.41, 5.74) is 4.52. The standard InChI is InChI=1S/C16H19F2N3/c1-10-4-9-13(17)14(15(10)18)16(20-19)11-5-7-12(8-6-11)21(2)3/h4-9,16,20H,19H2,1-3H3. The number of nitrogens with zero attached hydrogens (tertiary/aromatic N) is 1. The number of rotatable bonds is 4. The maximum absolute atomic E-state index is 14.2. The maximum Gasteiger partial charge on any atom is 0.134 e. The predicted molar refractivity (Wildman–Crippen MR) is 81.0 cm³/mol. The third-order valence-corrected chi connectivity index (χ3v) is 3.52. The molecule has 1 unspecified atom stereocenters. The monoisotopic (exact) mass is 291 g/mol. The third kappa shape index (κ3) is 3.04. The van der Waals surface area contributed by atoms with Crippen molar-refractivity contribution < 1.29 is 8.78 Å². The number of halogens is 2. The van der Waals surface area contributed by atoms with Crippen LogP contribution in [0.1, 0.15) is 22.7 Å². The summed E-state index contributed by atoms with van der Waals surface area (Å²) in [7, 11) is 3.85. The summed E-state index contributed by atoms with van der Waals surface area (Å²) in [6, 6.07) is 9.31. The highest BCUT2D eigenvalue weighted by molar-refractivity contribution is 5.48. The highest BCUT2D eigenvalue weighted by Gasteiger charge is 2.22. The second-order valence-electron chi connectivity index (χ2n) is 5.18. The van der Waals surface area contributed by atoms with E-state index in [2.05, 4.69) is 5.43 Å². The molecule has 3 N–H and O–H groups in total. The van der Waals surface area contributed by atoms with Crippen LogP contribution in [0, 0.1) is 18.6 Å². The number of hydrazine groups is 1. The Morgan fingerprint density at radius 1 is 1.05 bits per heavy atom. The molecule has 0 fully saturated rings. The van der Waals surface area contributed by atoms with Gasteiger partial charge in [-0.15, -0.1) is 0 Å². The minimum Gasteiger partial charge on any atom is -0.378 e. The van der Waals surface area contributed by atoms with E-state index < -0.39 is 17.7 Å². The van der Waals surface area contributed by atoms with Crippen molar-refractivity contribution in [2.75, 3.05) is 19.0 Å². The number of nitrogens with two attached hydrogens (primary N) is 1. The van der Waals surface area contributed by atoms with Crippen LogP contribution in [0.4, 0.5) is 14.5 Å². The summed E-state index contributed by atoms with van der Waals surface area (Å²) in [6.07, 6.45) is 0. The molecule has 5 heteroatoms. The van der Waals surface area contributed by atoms with E-state index in [1.165, 1.54) is 12.1 Å². The fraction of sp³-hybridized carbons (Fsp3) is 0.250. The minimum absolute atomic E-state index is 0.0601. The molecule has 2 aromatic rings. The first-order valence-electron chi connectivity index (χ1n) is 6.63. The van der Waals surface area contributed by atoms with Gasteiger partial charge in [0.1, 0.15) is 11.6 Å². The summed E-state index contributed by atoms with van der Waals surface area (Å²) in [4.78, 5) is 1.95. The van der Waals surface area contributed by atoms with Crippen molar-refractivity contribution in [2.45, 2.75) is 13.0 Å². The van der Waals surface area contributed by atoms with Crippen LogP contribution in [0.3, 0.4) is 0 Å². The summed E-state index contributed by atoms with van der Waals surface area (Å²) in [5, 5.41) is 0. The Labute approximate surface area is 123 Å². The molecule has 2 aromatic carbocycles. The zero-order valence-electron chi connectivity index (χ0n) is 12.3. The fourth-order valence-corrected chi connectivity index (χ4v) is 2.25. The highest BCUT2D eigenvalue weighted by Crippen LogP contribution is 2.29. The Balaban J connectivity index is 2.47. The van der Waals surface area contributed by atoms with Crippen LogP contribution in [0.2, 0.25) is 0 Å². The van der Waals surface area contributed by atoms with E-state index in [9.17, 15) is 8.78 Å². The Kier molecular flexibility index (Phi) is 4.55. The lowest BCUT2D eigenvalue weighted by Crippen LogP contribution is -2.30. The van der Waals surface area contributed by atoms with Crippen LogP contribution in [0.25, 0.3) is 0 Å². The normalized spacial score (nSPS) is 12.3. The average molecular weight is 291 g/mol. The Hall–Kier alpha value is -1.98. The van der Waals surface area contributed by atoms with Crippen molar-refractivity contribution >= 4 is 5.69 Å². The Morgan fingerprint density at radius 3 is 2.19 bits per heavy atom. The molecule has 0 aliphatic carbocycles. The average Bonchev–Trinajstić information content (AvgIpc) is 2.48. The number of aryl methyl sites for hydroxylation is 1. The molecular formula is C16H19F2N3. The topological polar surface area (TPSA) is 41.3 Å². The second-order valence-corrected chi connectivity index (χ2v) is 5.18. The molecule has 0 saturated carbocycles. The largest absolute Gasteiger partial charge is 0.378 e. The lowest BCUT2D eigenvalue weighted by molar-refractivity contribution is 0.506. The molecule has 1 atom stereocenters. The van der Waals surface area contributed by atoms with Crippen molar-refractivity contribution in [3.63, 3.8) is 0 Å². The molecule has 21 heavy (non-hydrogen) atoms. The number of nitrogens with one attached hydrogen (secondary N) is 1. The molecule has 0 bridgehead atoms. The van der Waals surface area contributed by atoms with Crippen LogP contribution in [-0.4, -0.2) is 14.1 Å². The number of hydrogen-bond donors (Lipinski definition) is 2.